The minimum Gasteiger partial charge on any atom is -0.496 e. The Bertz CT molecular complexity index is 528. The molecular weight excluding hydrogens is 274 g/mol. The third kappa shape index (κ3) is 3.79. The van der Waals surface area contributed by atoms with Crippen LogP contribution >= 0.6 is 11.8 Å². The second-order valence-corrected chi connectivity index (χ2v) is 5.20. The van der Waals surface area contributed by atoms with Crippen molar-refractivity contribution in [1.29, 1.82) is 0 Å². The molecule has 1 heterocycles. The summed E-state index contributed by atoms with van der Waals surface area (Å²) in [5, 5.41) is 13.1. The van der Waals surface area contributed by atoms with Gasteiger partial charge in [0, 0.05) is 18.0 Å². The minimum absolute atomic E-state index is 0.445. The number of aliphatic hydroxyl groups excluding tert-OH is 1. The van der Waals surface area contributed by atoms with Gasteiger partial charge in [-0.15, -0.1) is 11.8 Å². The van der Waals surface area contributed by atoms with Gasteiger partial charge in [-0.3, -0.25) is 0 Å². The van der Waals surface area contributed by atoms with Crippen molar-refractivity contribution in [2.45, 2.75) is 17.5 Å². The first kappa shape index (κ1) is 15.0. The normalized spacial score (nSPS) is 12.3. The molecule has 1 unspecified atom stereocenters. The minimum atomic E-state index is -0.627. The van der Waals surface area contributed by atoms with Crippen molar-refractivity contribution < 1.29 is 14.3 Å². The molecule has 0 aliphatic rings. The summed E-state index contributed by atoms with van der Waals surface area (Å²) in [4.78, 5) is 1.12. The van der Waals surface area contributed by atoms with Crippen molar-refractivity contribution in [3.05, 3.63) is 47.9 Å². The lowest BCUT2D eigenvalue weighted by molar-refractivity contribution is 0.147. The molecule has 2 N–H and O–H groups in total. The summed E-state index contributed by atoms with van der Waals surface area (Å²) < 4.78 is 10.5. The van der Waals surface area contributed by atoms with E-state index < -0.39 is 6.10 Å². The third-order valence-corrected chi connectivity index (χ3v) is 3.76. The van der Waals surface area contributed by atoms with Gasteiger partial charge in [0.15, 0.2) is 0 Å². The number of methoxy groups -OCH3 is 1. The van der Waals surface area contributed by atoms with Crippen molar-refractivity contribution in [3.63, 3.8) is 0 Å². The number of ether oxygens (including phenoxy) is 1. The van der Waals surface area contributed by atoms with Crippen LogP contribution in [0.1, 0.15) is 17.4 Å². The molecular formula is C15H19NO3S. The first-order valence-corrected chi connectivity index (χ1v) is 7.60. The van der Waals surface area contributed by atoms with Crippen molar-refractivity contribution in [2.75, 3.05) is 19.9 Å². The van der Waals surface area contributed by atoms with Crippen LogP contribution in [-0.4, -0.2) is 25.0 Å². The number of thioether (sulfide) groups is 1. The molecule has 0 aliphatic heterocycles. The first-order chi connectivity index (χ1) is 9.74. The smallest absolute Gasteiger partial charge is 0.133 e. The Hall–Kier alpha value is -1.43. The number of rotatable bonds is 7. The van der Waals surface area contributed by atoms with Crippen LogP contribution < -0.4 is 10.1 Å². The van der Waals surface area contributed by atoms with Crippen molar-refractivity contribution in [3.8, 4) is 5.75 Å². The summed E-state index contributed by atoms with van der Waals surface area (Å²) in [6.45, 7) is 1.11. The van der Waals surface area contributed by atoms with Crippen LogP contribution in [0.25, 0.3) is 0 Å². The monoisotopic (exact) mass is 293 g/mol. The van der Waals surface area contributed by atoms with E-state index in [1.54, 1.807) is 37.3 Å². The zero-order valence-corrected chi connectivity index (χ0v) is 12.4. The van der Waals surface area contributed by atoms with E-state index in [0.29, 0.717) is 18.8 Å². The number of aliphatic hydroxyl groups is 1. The van der Waals surface area contributed by atoms with Gasteiger partial charge in [-0.1, -0.05) is 6.07 Å². The maximum Gasteiger partial charge on any atom is 0.133 e. The quantitative estimate of drug-likeness (QED) is 0.769. The average Bonchev–Trinajstić information content (AvgIpc) is 3.01. The van der Waals surface area contributed by atoms with Gasteiger partial charge in [0.25, 0.3) is 0 Å². The van der Waals surface area contributed by atoms with Crippen LogP contribution in [0.15, 0.2) is 45.9 Å². The zero-order chi connectivity index (χ0) is 14.4. The Balaban J connectivity index is 1.88. The van der Waals surface area contributed by atoms with Gasteiger partial charge >= 0.3 is 0 Å². The number of furan rings is 1. The Morgan fingerprint density at radius 3 is 2.90 bits per heavy atom. The molecule has 0 saturated carbocycles. The average molecular weight is 293 g/mol. The summed E-state index contributed by atoms with van der Waals surface area (Å²) in [7, 11) is 1.67. The Kier molecular flexibility index (Phi) is 5.52. The van der Waals surface area contributed by atoms with Crippen LogP contribution in [0.3, 0.4) is 0 Å². The summed E-state index contributed by atoms with van der Waals surface area (Å²) in [5.41, 5.74) is 1.12. The Morgan fingerprint density at radius 1 is 1.40 bits per heavy atom. The van der Waals surface area contributed by atoms with Crippen LogP contribution in [0.4, 0.5) is 0 Å². The fraction of sp³-hybridized carbons (Fsp3) is 0.333. The van der Waals surface area contributed by atoms with E-state index in [2.05, 4.69) is 11.4 Å². The first-order valence-electron chi connectivity index (χ1n) is 6.37. The molecule has 2 rings (SSSR count). The van der Waals surface area contributed by atoms with Crippen LogP contribution in [-0.2, 0) is 6.54 Å². The van der Waals surface area contributed by atoms with Gasteiger partial charge in [-0.25, -0.2) is 0 Å². The molecule has 0 radical (unpaired) electrons. The number of nitrogens with one attached hydrogen (secondary N) is 1. The molecule has 1 aromatic heterocycles. The Morgan fingerprint density at radius 2 is 2.25 bits per heavy atom. The molecule has 0 fully saturated rings. The molecule has 0 saturated heterocycles. The van der Waals surface area contributed by atoms with E-state index in [1.165, 1.54) is 0 Å². The van der Waals surface area contributed by atoms with Gasteiger partial charge in [-0.05, 0) is 36.1 Å². The molecule has 4 nitrogen and oxygen atoms in total. The van der Waals surface area contributed by atoms with Crippen LogP contribution in [0, 0.1) is 0 Å². The molecule has 0 spiro atoms. The second kappa shape index (κ2) is 7.38. The SMILES string of the molecule is COc1cc(CNCC(O)c2ccco2)ccc1SC. The van der Waals surface area contributed by atoms with E-state index in [9.17, 15) is 5.11 Å². The van der Waals surface area contributed by atoms with E-state index in [1.807, 2.05) is 18.4 Å². The highest BCUT2D eigenvalue weighted by Crippen LogP contribution is 2.28. The van der Waals surface area contributed by atoms with Crippen molar-refractivity contribution >= 4 is 11.8 Å². The standard InChI is InChI=1S/C15H19NO3S/c1-18-14-8-11(5-6-15(14)20-2)9-16-10-12(17)13-4-3-7-19-13/h3-8,12,16-17H,9-10H2,1-2H3. The lowest BCUT2D eigenvalue weighted by Gasteiger charge is -2.11. The molecule has 108 valence electrons. The predicted molar refractivity (Wildman–Crippen MR) is 80.1 cm³/mol. The van der Waals surface area contributed by atoms with E-state index in [-0.39, 0.29) is 0 Å². The maximum atomic E-state index is 9.89. The topological polar surface area (TPSA) is 54.6 Å². The predicted octanol–water partition coefficient (Wildman–Crippen LogP) is 2.83. The van der Waals surface area contributed by atoms with Gasteiger partial charge < -0.3 is 19.6 Å². The van der Waals surface area contributed by atoms with Crippen molar-refractivity contribution in [2.24, 2.45) is 0 Å². The lowest BCUT2D eigenvalue weighted by Crippen LogP contribution is -2.20. The molecule has 20 heavy (non-hydrogen) atoms. The largest absolute Gasteiger partial charge is 0.496 e. The van der Waals surface area contributed by atoms with Gasteiger partial charge in [0.1, 0.15) is 17.6 Å². The van der Waals surface area contributed by atoms with E-state index >= 15 is 0 Å². The molecule has 0 bridgehead atoms. The molecule has 1 atom stereocenters. The molecule has 5 heteroatoms. The molecule has 1 aromatic carbocycles. The van der Waals surface area contributed by atoms with Crippen LogP contribution in [0.5, 0.6) is 5.75 Å². The summed E-state index contributed by atoms with van der Waals surface area (Å²) in [6, 6.07) is 9.65. The maximum absolute atomic E-state index is 9.89. The number of benzene rings is 1. The summed E-state index contributed by atoms with van der Waals surface area (Å²) in [6.07, 6.45) is 2.96. The second-order valence-electron chi connectivity index (χ2n) is 4.35. The van der Waals surface area contributed by atoms with Crippen LogP contribution in [0.2, 0.25) is 0 Å². The number of hydrogen-bond acceptors (Lipinski definition) is 5. The van der Waals surface area contributed by atoms with E-state index in [4.69, 9.17) is 9.15 Å². The van der Waals surface area contributed by atoms with E-state index in [0.717, 1.165) is 16.2 Å². The number of hydrogen-bond donors (Lipinski definition) is 2. The van der Waals surface area contributed by atoms with Crippen molar-refractivity contribution in [1.82, 2.24) is 5.32 Å². The zero-order valence-electron chi connectivity index (χ0n) is 11.6. The van der Waals surface area contributed by atoms with Gasteiger partial charge in [0.05, 0.1) is 13.4 Å². The summed E-state index contributed by atoms with van der Waals surface area (Å²) in [5.74, 6) is 1.45. The summed E-state index contributed by atoms with van der Waals surface area (Å²) >= 11 is 1.66. The highest BCUT2D eigenvalue weighted by Gasteiger charge is 2.09. The Labute approximate surface area is 123 Å². The molecule has 0 aliphatic carbocycles. The highest BCUT2D eigenvalue weighted by atomic mass is 32.2. The fourth-order valence-electron chi connectivity index (χ4n) is 1.93. The highest BCUT2D eigenvalue weighted by molar-refractivity contribution is 7.98. The third-order valence-electron chi connectivity index (χ3n) is 2.99. The molecule has 2 aromatic rings. The fourth-order valence-corrected chi connectivity index (χ4v) is 2.47. The lowest BCUT2D eigenvalue weighted by atomic mass is 10.2. The van der Waals surface area contributed by atoms with Gasteiger partial charge in [0.2, 0.25) is 0 Å². The van der Waals surface area contributed by atoms with Gasteiger partial charge in [-0.2, -0.15) is 0 Å². The molecule has 0 amide bonds.